The van der Waals surface area contributed by atoms with Crippen LogP contribution in [0.25, 0.3) is 0 Å². The summed E-state index contributed by atoms with van der Waals surface area (Å²) in [5.41, 5.74) is 2.77. The molecule has 1 N–H and O–H groups in total. The van der Waals surface area contributed by atoms with E-state index < -0.39 is 0 Å². The van der Waals surface area contributed by atoms with E-state index in [0.29, 0.717) is 0 Å². The molecule has 0 atom stereocenters. The van der Waals surface area contributed by atoms with Crippen molar-refractivity contribution in [3.8, 4) is 5.75 Å². The molecule has 1 aromatic carbocycles. The number of hydrogen-bond donors (Lipinski definition) is 1. The Labute approximate surface area is 85.3 Å². The van der Waals surface area contributed by atoms with Crippen LogP contribution >= 0.6 is 0 Å². The fourth-order valence-electron chi connectivity index (χ4n) is 1.86. The Morgan fingerprint density at radius 3 is 3.00 bits per heavy atom. The lowest BCUT2D eigenvalue weighted by Gasteiger charge is -2.21. The molecule has 0 saturated heterocycles. The van der Waals surface area contributed by atoms with Gasteiger partial charge in [-0.25, -0.2) is 0 Å². The Morgan fingerprint density at radius 1 is 1.36 bits per heavy atom. The van der Waals surface area contributed by atoms with Crippen LogP contribution < -0.4 is 10.1 Å². The van der Waals surface area contributed by atoms with Gasteiger partial charge in [-0.05, 0) is 44.0 Å². The number of ether oxygens (including phenoxy) is 1. The lowest BCUT2D eigenvalue weighted by molar-refractivity contribution is 0.239. The first-order valence-corrected chi connectivity index (χ1v) is 5.25. The molecule has 0 fully saturated rings. The highest BCUT2D eigenvalue weighted by Gasteiger charge is 2.13. The average Bonchev–Trinajstić information content (AvgIpc) is 2.18. The maximum atomic E-state index is 5.78. The highest BCUT2D eigenvalue weighted by atomic mass is 16.5. The number of rotatable bonds is 2. The first kappa shape index (κ1) is 9.53. The van der Waals surface area contributed by atoms with Crippen molar-refractivity contribution in [3.63, 3.8) is 0 Å². The van der Waals surface area contributed by atoms with E-state index in [1.165, 1.54) is 11.1 Å². The van der Waals surface area contributed by atoms with Gasteiger partial charge in [0.2, 0.25) is 0 Å². The molecule has 1 aliphatic heterocycles. The maximum Gasteiger partial charge on any atom is 0.123 e. The predicted molar refractivity (Wildman–Crippen MR) is 57.6 cm³/mol. The van der Waals surface area contributed by atoms with E-state index in [1.807, 2.05) is 0 Å². The summed E-state index contributed by atoms with van der Waals surface area (Å²) in [4.78, 5) is 0. The zero-order valence-corrected chi connectivity index (χ0v) is 8.84. The van der Waals surface area contributed by atoms with Gasteiger partial charge in [-0.1, -0.05) is 12.1 Å². The maximum absolute atomic E-state index is 5.78. The second-order valence-corrected chi connectivity index (χ2v) is 3.99. The van der Waals surface area contributed by atoms with E-state index in [9.17, 15) is 0 Å². The van der Waals surface area contributed by atoms with Gasteiger partial charge >= 0.3 is 0 Å². The molecule has 1 aromatic rings. The summed E-state index contributed by atoms with van der Waals surface area (Å²) in [6.07, 6.45) is 1.34. The molecule has 0 unspecified atom stereocenters. The van der Waals surface area contributed by atoms with Crippen LogP contribution in [0.5, 0.6) is 5.75 Å². The Hall–Kier alpha value is -1.02. The van der Waals surface area contributed by atoms with Gasteiger partial charge in [0.1, 0.15) is 5.75 Å². The molecule has 1 aliphatic rings. The largest absolute Gasteiger partial charge is 0.491 e. The quantitative estimate of drug-likeness (QED) is 0.773. The van der Waals surface area contributed by atoms with E-state index in [1.54, 1.807) is 0 Å². The normalized spacial score (nSPS) is 15.4. The summed E-state index contributed by atoms with van der Waals surface area (Å²) < 4.78 is 5.78. The van der Waals surface area contributed by atoms with Gasteiger partial charge in [-0.2, -0.15) is 0 Å². The number of fused-ring (bicyclic) bond motifs is 1. The van der Waals surface area contributed by atoms with Crippen LogP contribution in [-0.2, 0) is 13.0 Å². The first-order chi connectivity index (χ1) is 6.77. The second-order valence-electron chi connectivity index (χ2n) is 3.99. The summed E-state index contributed by atoms with van der Waals surface area (Å²) in [6, 6.07) is 6.32. The van der Waals surface area contributed by atoms with Crippen LogP contribution in [0.2, 0.25) is 0 Å². The van der Waals surface area contributed by atoms with E-state index in [4.69, 9.17) is 4.74 Å². The van der Waals surface area contributed by atoms with Crippen molar-refractivity contribution < 1.29 is 4.74 Å². The molecule has 76 valence electrons. The minimum absolute atomic E-state index is 0.261. The molecule has 14 heavy (non-hydrogen) atoms. The molecular weight excluding hydrogens is 174 g/mol. The minimum Gasteiger partial charge on any atom is -0.491 e. The topological polar surface area (TPSA) is 21.3 Å². The SMILES string of the molecule is CC(C)Oc1cccc2c1CCNC2. The van der Waals surface area contributed by atoms with E-state index in [-0.39, 0.29) is 6.10 Å². The van der Waals surface area contributed by atoms with E-state index in [0.717, 1.165) is 25.3 Å². The molecule has 0 spiro atoms. The molecule has 2 heteroatoms. The predicted octanol–water partition coefficient (Wildman–Crippen LogP) is 2.12. The minimum atomic E-state index is 0.261. The van der Waals surface area contributed by atoms with E-state index >= 15 is 0 Å². The molecule has 0 aromatic heterocycles. The Bertz CT molecular complexity index is 320. The number of nitrogens with one attached hydrogen (secondary N) is 1. The Morgan fingerprint density at radius 2 is 2.21 bits per heavy atom. The van der Waals surface area contributed by atoms with Crippen LogP contribution in [0.3, 0.4) is 0 Å². The summed E-state index contributed by atoms with van der Waals surface area (Å²) in [6.45, 7) is 6.18. The summed E-state index contributed by atoms with van der Waals surface area (Å²) >= 11 is 0. The van der Waals surface area contributed by atoms with Crippen molar-refractivity contribution >= 4 is 0 Å². The zero-order valence-electron chi connectivity index (χ0n) is 8.84. The third-order valence-corrected chi connectivity index (χ3v) is 2.46. The summed E-state index contributed by atoms with van der Waals surface area (Å²) in [5, 5.41) is 3.37. The van der Waals surface area contributed by atoms with Crippen molar-refractivity contribution in [2.24, 2.45) is 0 Å². The highest BCUT2D eigenvalue weighted by molar-refractivity contribution is 5.41. The van der Waals surface area contributed by atoms with Crippen LogP contribution in [0.1, 0.15) is 25.0 Å². The molecule has 1 heterocycles. The summed E-state index contributed by atoms with van der Waals surface area (Å²) in [7, 11) is 0. The molecule has 0 bridgehead atoms. The van der Waals surface area contributed by atoms with Crippen LogP contribution in [-0.4, -0.2) is 12.6 Å². The van der Waals surface area contributed by atoms with Crippen LogP contribution in [0.4, 0.5) is 0 Å². The monoisotopic (exact) mass is 191 g/mol. The molecule has 0 radical (unpaired) electrons. The van der Waals surface area contributed by atoms with Crippen molar-refractivity contribution in [1.29, 1.82) is 0 Å². The van der Waals surface area contributed by atoms with Gasteiger partial charge in [0.05, 0.1) is 6.10 Å². The van der Waals surface area contributed by atoms with Gasteiger partial charge in [-0.15, -0.1) is 0 Å². The lowest BCUT2D eigenvalue weighted by Crippen LogP contribution is -2.24. The third kappa shape index (κ3) is 1.90. The van der Waals surface area contributed by atoms with Crippen molar-refractivity contribution in [2.45, 2.75) is 32.9 Å². The second kappa shape index (κ2) is 4.01. The molecule has 0 aliphatic carbocycles. The van der Waals surface area contributed by atoms with Crippen LogP contribution in [0, 0.1) is 0 Å². The van der Waals surface area contributed by atoms with Gasteiger partial charge in [0, 0.05) is 6.54 Å². The van der Waals surface area contributed by atoms with Gasteiger partial charge in [-0.3, -0.25) is 0 Å². The molecule has 2 rings (SSSR count). The van der Waals surface area contributed by atoms with Crippen molar-refractivity contribution in [1.82, 2.24) is 5.32 Å². The van der Waals surface area contributed by atoms with Gasteiger partial charge in [0.15, 0.2) is 0 Å². The van der Waals surface area contributed by atoms with E-state index in [2.05, 4.69) is 37.4 Å². The zero-order chi connectivity index (χ0) is 9.97. The van der Waals surface area contributed by atoms with Crippen molar-refractivity contribution in [2.75, 3.05) is 6.54 Å². The molecule has 0 saturated carbocycles. The van der Waals surface area contributed by atoms with Crippen LogP contribution in [0.15, 0.2) is 18.2 Å². The standard InChI is InChI=1S/C12H17NO/c1-9(2)14-12-5-3-4-10-8-13-7-6-11(10)12/h3-5,9,13H,6-8H2,1-2H3. The fourth-order valence-corrected chi connectivity index (χ4v) is 1.86. The molecule has 2 nitrogen and oxygen atoms in total. The fraction of sp³-hybridized carbons (Fsp3) is 0.500. The third-order valence-electron chi connectivity index (χ3n) is 2.46. The van der Waals surface area contributed by atoms with Crippen molar-refractivity contribution in [3.05, 3.63) is 29.3 Å². The molecular formula is C12H17NO. The lowest BCUT2D eigenvalue weighted by atomic mass is 10.00. The highest BCUT2D eigenvalue weighted by Crippen LogP contribution is 2.25. The van der Waals surface area contributed by atoms with Gasteiger partial charge < -0.3 is 10.1 Å². The number of benzene rings is 1. The first-order valence-electron chi connectivity index (χ1n) is 5.25. The smallest absolute Gasteiger partial charge is 0.123 e. The molecule has 0 amide bonds. The number of hydrogen-bond acceptors (Lipinski definition) is 2. The Kier molecular flexibility index (Phi) is 2.73. The van der Waals surface area contributed by atoms with Gasteiger partial charge in [0.25, 0.3) is 0 Å². The summed E-state index contributed by atoms with van der Waals surface area (Å²) in [5.74, 6) is 1.07. The Balaban J connectivity index is 2.30. The average molecular weight is 191 g/mol.